The van der Waals surface area contributed by atoms with Crippen LogP contribution in [-0.2, 0) is 4.79 Å². The van der Waals surface area contributed by atoms with Gasteiger partial charge in [0.2, 0.25) is 0 Å². The molecule has 6 heteroatoms. The normalized spacial score (nSPS) is 19.5. The second-order valence-electron chi connectivity index (χ2n) is 4.38. The highest BCUT2D eigenvalue weighted by Crippen LogP contribution is 2.27. The highest BCUT2D eigenvalue weighted by atomic mass is 19.4. The first-order valence-corrected chi connectivity index (χ1v) is 5.88. The molecule has 1 aliphatic rings. The molecule has 1 aromatic rings. The van der Waals surface area contributed by atoms with Gasteiger partial charge in [0.05, 0.1) is 6.04 Å². The zero-order valence-electron chi connectivity index (χ0n) is 9.98. The van der Waals surface area contributed by atoms with E-state index in [1.807, 2.05) is 0 Å². The van der Waals surface area contributed by atoms with Gasteiger partial charge in [-0.2, -0.15) is 13.2 Å². The Kier molecular flexibility index (Phi) is 3.59. The van der Waals surface area contributed by atoms with Crippen LogP contribution in [-0.4, -0.2) is 35.4 Å². The molecule has 1 unspecified atom stereocenters. The van der Waals surface area contributed by atoms with Gasteiger partial charge in [-0.25, -0.2) is 0 Å². The molecule has 0 radical (unpaired) electrons. The summed E-state index contributed by atoms with van der Waals surface area (Å²) in [5, 5.41) is 0. The number of amides is 1. The number of carbonyl (C=O) groups is 2. The standard InChI is InChI=1S/C13H12F3NO2/c14-13(15,16)12(19)17-8-4-7-10(17)11(18)9-5-2-1-3-6-9/h1-3,5-6,10H,4,7-8H2. The molecule has 0 spiro atoms. The summed E-state index contributed by atoms with van der Waals surface area (Å²) in [7, 11) is 0. The molecule has 1 aromatic carbocycles. The topological polar surface area (TPSA) is 37.4 Å². The molecule has 102 valence electrons. The van der Waals surface area contributed by atoms with Gasteiger partial charge in [0, 0.05) is 12.1 Å². The number of alkyl halides is 3. The third kappa shape index (κ3) is 2.77. The lowest BCUT2D eigenvalue weighted by Gasteiger charge is -2.24. The van der Waals surface area contributed by atoms with Crippen molar-refractivity contribution in [3.8, 4) is 0 Å². The van der Waals surface area contributed by atoms with Gasteiger partial charge in [0.1, 0.15) is 0 Å². The molecule has 1 atom stereocenters. The van der Waals surface area contributed by atoms with Crippen molar-refractivity contribution in [2.45, 2.75) is 25.1 Å². The number of hydrogen-bond donors (Lipinski definition) is 0. The maximum Gasteiger partial charge on any atom is 0.471 e. The summed E-state index contributed by atoms with van der Waals surface area (Å²) in [4.78, 5) is 24.0. The molecule has 3 nitrogen and oxygen atoms in total. The van der Waals surface area contributed by atoms with Crippen molar-refractivity contribution in [3.05, 3.63) is 35.9 Å². The number of rotatable bonds is 2. The summed E-state index contributed by atoms with van der Waals surface area (Å²) in [6.45, 7) is -0.0262. The Bertz CT molecular complexity index is 484. The number of halogens is 3. The number of ketones is 1. The zero-order valence-corrected chi connectivity index (χ0v) is 9.98. The first kappa shape index (κ1) is 13.6. The molecule has 1 aliphatic heterocycles. The Hall–Kier alpha value is -1.85. The summed E-state index contributed by atoms with van der Waals surface area (Å²) in [6, 6.07) is 7.06. The highest BCUT2D eigenvalue weighted by molar-refractivity contribution is 6.02. The predicted molar refractivity (Wildman–Crippen MR) is 61.6 cm³/mol. The van der Waals surface area contributed by atoms with Crippen LogP contribution in [0.3, 0.4) is 0 Å². The van der Waals surface area contributed by atoms with E-state index in [-0.39, 0.29) is 13.0 Å². The quantitative estimate of drug-likeness (QED) is 0.775. The van der Waals surface area contributed by atoms with Gasteiger partial charge in [-0.3, -0.25) is 9.59 Å². The minimum Gasteiger partial charge on any atom is -0.324 e. The Morgan fingerprint density at radius 3 is 2.37 bits per heavy atom. The third-order valence-electron chi connectivity index (χ3n) is 3.12. The van der Waals surface area contributed by atoms with Crippen molar-refractivity contribution in [2.75, 3.05) is 6.54 Å². The van der Waals surface area contributed by atoms with E-state index in [4.69, 9.17) is 0 Å². The Labute approximate surface area is 108 Å². The van der Waals surface area contributed by atoms with Gasteiger partial charge in [-0.05, 0) is 12.8 Å². The van der Waals surface area contributed by atoms with E-state index in [1.54, 1.807) is 18.2 Å². The number of carbonyl (C=O) groups excluding carboxylic acids is 2. The molecule has 19 heavy (non-hydrogen) atoms. The molecular formula is C13H12F3NO2. The number of hydrogen-bond acceptors (Lipinski definition) is 2. The van der Waals surface area contributed by atoms with Crippen LogP contribution in [0.2, 0.25) is 0 Å². The van der Waals surface area contributed by atoms with Gasteiger partial charge in [-0.1, -0.05) is 30.3 Å². The van der Waals surface area contributed by atoms with Crippen LogP contribution >= 0.6 is 0 Å². The second kappa shape index (κ2) is 5.03. The number of nitrogens with zero attached hydrogens (tertiary/aromatic N) is 1. The molecule has 0 N–H and O–H groups in total. The lowest BCUT2D eigenvalue weighted by molar-refractivity contribution is -0.185. The highest BCUT2D eigenvalue weighted by Gasteiger charge is 2.47. The minimum absolute atomic E-state index is 0.0262. The van der Waals surface area contributed by atoms with E-state index in [9.17, 15) is 22.8 Å². The molecule has 1 amide bonds. The molecule has 1 heterocycles. The average molecular weight is 271 g/mol. The SMILES string of the molecule is O=C(c1ccccc1)C1CCCN1C(=O)C(F)(F)F. The van der Waals surface area contributed by atoms with Crippen LogP contribution in [0.1, 0.15) is 23.2 Å². The van der Waals surface area contributed by atoms with Crippen LogP contribution in [0, 0.1) is 0 Å². The van der Waals surface area contributed by atoms with E-state index < -0.39 is 23.9 Å². The van der Waals surface area contributed by atoms with Crippen molar-refractivity contribution in [1.82, 2.24) is 4.90 Å². The summed E-state index contributed by atoms with van der Waals surface area (Å²) in [5.74, 6) is -2.37. The fourth-order valence-corrected chi connectivity index (χ4v) is 2.24. The van der Waals surface area contributed by atoms with Gasteiger partial charge in [0.15, 0.2) is 5.78 Å². The van der Waals surface area contributed by atoms with E-state index in [2.05, 4.69) is 0 Å². The van der Waals surface area contributed by atoms with E-state index in [1.165, 1.54) is 12.1 Å². The van der Waals surface area contributed by atoms with Crippen LogP contribution < -0.4 is 0 Å². The van der Waals surface area contributed by atoms with Crippen LogP contribution in [0.4, 0.5) is 13.2 Å². The van der Waals surface area contributed by atoms with Crippen molar-refractivity contribution in [1.29, 1.82) is 0 Å². The van der Waals surface area contributed by atoms with E-state index in [0.717, 1.165) is 0 Å². The summed E-state index contributed by atoms with van der Waals surface area (Å²) in [5.41, 5.74) is 0.328. The van der Waals surface area contributed by atoms with Gasteiger partial charge >= 0.3 is 12.1 Å². The van der Waals surface area contributed by atoms with Crippen LogP contribution in [0.5, 0.6) is 0 Å². The maximum atomic E-state index is 12.4. The second-order valence-corrected chi connectivity index (χ2v) is 4.38. The van der Waals surface area contributed by atoms with Gasteiger partial charge < -0.3 is 4.90 Å². The third-order valence-corrected chi connectivity index (χ3v) is 3.12. The Morgan fingerprint density at radius 2 is 1.79 bits per heavy atom. The maximum absolute atomic E-state index is 12.4. The largest absolute Gasteiger partial charge is 0.471 e. The zero-order chi connectivity index (χ0) is 14.0. The van der Waals surface area contributed by atoms with Crippen molar-refractivity contribution >= 4 is 11.7 Å². The smallest absolute Gasteiger partial charge is 0.324 e. The van der Waals surface area contributed by atoms with Crippen molar-refractivity contribution in [2.24, 2.45) is 0 Å². The first-order chi connectivity index (χ1) is 8.91. The molecule has 0 aliphatic carbocycles. The summed E-state index contributed by atoms with van der Waals surface area (Å²) < 4.78 is 37.3. The molecule has 1 fully saturated rings. The van der Waals surface area contributed by atoms with Crippen LogP contribution in [0.15, 0.2) is 30.3 Å². The number of Topliss-reactive ketones (excluding diaryl/α,β-unsaturated/α-hetero) is 1. The molecule has 2 rings (SSSR count). The molecule has 0 saturated carbocycles. The van der Waals surface area contributed by atoms with Crippen LogP contribution in [0.25, 0.3) is 0 Å². The summed E-state index contributed by atoms with van der Waals surface area (Å²) >= 11 is 0. The number of benzene rings is 1. The first-order valence-electron chi connectivity index (χ1n) is 5.88. The predicted octanol–water partition coefficient (Wildman–Crippen LogP) is 2.42. The molecule has 0 bridgehead atoms. The fourth-order valence-electron chi connectivity index (χ4n) is 2.24. The van der Waals surface area contributed by atoms with Gasteiger partial charge in [-0.15, -0.1) is 0 Å². The van der Waals surface area contributed by atoms with Crippen molar-refractivity contribution in [3.63, 3.8) is 0 Å². The monoisotopic (exact) mass is 271 g/mol. The Balaban J connectivity index is 2.20. The molecule has 0 aromatic heterocycles. The fraction of sp³-hybridized carbons (Fsp3) is 0.385. The Morgan fingerprint density at radius 1 is 1.16 bits per heavy atom. The van der Waals surface area contributed by atoms with E-state index in [0.29, 0.717) is 16.9 Å². The lowest BCUT2D eigenvalue weighted by Crippen LogP contribution is -2.46. The van der Waals surface area contributed by atoms with Gasteiger partial charge in [0.25, 0.3) is 0 Å². The lowest BCUT2D eigenvalue weighted by atomic mass is 10.0. The molecular weight excluding hydrogens is 259 g/mol. The van der Waals surface area contributed by atoms with Crippen molar-refractivity contribution < 1.29 is 22.8 Å². The summed E-state index contributed by atoms with van der Waals surface area (Å²) in [6.07, 6.45) is -4.25. The number of likely N-dealkylation sites (tertiary alicyclic amines) is 1. The molecule has 1 saturated heterocycles. The van der Waals surface area contributed by atoms with E-state index >= 15 is 0 Å². The minimum atomic E-state index is -4.93. The average Bonchev–Trinajstić information content (AvgIpc) is 2.85.